The molecule has 2 aromatic rings. The minimum absolute atomic E-state index is 0.0417. The summed E-state index contributed by atoms with van der Waals surface area (Å²) in [5.74, 6) is -0.192. The van der Waals surface area contributed by atoms with Crippen LogP contribution in [-0.4, -0.2) is 73.5 Å². The first-order valence-electron chi connectivity index (χ1n) is 11.4. The number of ether oxygens (including phenoxy) is 2. The molecule has 3 atom stereocenters. The van der Waals surface area contributed by atoms with Crippen LogP contribution in [0.3, 0.4) is 0 Å². The molecule has 0 spiro atoms. The molecule has 3 amide bonds. The summed E-state index contributed by atoms with van der Waals surface area (Å²) in [6.45, 7) is 6.34. The molecule has 0 unspecified atom stereocenters. The lowest BCUT2D eigenvalue weighted by atomic mass is 10.0. The van der Waals surface area contributed by atoms with Gasteiger partial charge in [-0.1, -0.05) is 25.1 Å². The van der Waals surface area contributed by atoms with Crippen LogP contribution in [0.5, 0.6) is 5.75 Å². The number of nitrogens with zero attached hydrogens (tertiary/aromatic N) is 2. The molecule has 0 bridgehead atoms. The Labute approximate surface area is 200 Å². The second-order valence-electron chi connectivity index (χ2n) is 8.81. The molecule has 0 saturated heterocycles. The minimum atomic E-state index is -0.283. The number of anilines is 1. The highest BCUT2D eigenvalue weighted by Crippen LogP contribution is 2.27. The number of benzene rings is 2. The number of methoxy groups -OCH3 is 1. The standard InChI is InChI=1S/C26H33N3O5/c1-17-14-29(25(31)20-9-7-6-8-10-20)18(2)16-34-23-12-11-21(27-19(3)30)13-22(23)26(32)28(4)15-24(17)33-5/h6-13,17-18,24H,14-16H2,1-5H3,(H,27,30)/t17-,18+,24-/m1/s1. The normalized spacial score (nSPS) is 21.6. The Morgan fingerprint density at radius 1 is 1.09 bits per heavy atom. The van der Waals surface area contributed by atoms with Crippen molar-refractivity contribution in [1.82, 2.24) is 9.80 Å². The summed E-state index contributed by atoms with van der Waals surface area (Å²) in [6, 6.07) is 13.9. The van der Waals surface area contributed by atoms with Crippen LogP contribution in [0.25, 0.3) is 0 Å². The molecule has 0 aliphatic carbocycles. The Bertz CT molecular complexity index is 1030. The molecule has 0 aromatic heterocycles. The van der Waals surface area contributed by atoms with Crippen molar-refractivity contribution in [2.24, 2.45) is 5.92 Å². The number of likely N-dealkylation sites (N-methyl/N-ethyl adjacent to an activating group) is 1. The summed E-state index contributed by atoms with van der Waals surface area (Å²) < 4.78 is 11.8. The highest BCUT2D eigenvalue weighted by Gasteiger charge is 2.30. The molecule has 0 radical (unpaired) electrons. The van der Waals surface area contributed by atoms with Gasteiger partial charge in [-0.15, -0.1) is 0 Å². The van der Waals surface area contributed by atoms with Gasteiger partial charge in [-0.25, -0.2) is 0 Å². The fourth-order valence-corrected chi connectivity index (χ4v) is 4.09. The van der Waals surface area contributed by atoms with E-state index in [2.05, 4.69) is 5.32 Å². The van der Waals surface area contributed by atoms with Gasteiger partial charge >= 0.3 is 0 Å². The molecule has 182 valence electrons. The van der Waals surface area contributed by atoms with Crippen molar-refractivity contribution in [3.8, 4) is 5.75 Å². The van der Waals surface area contributed by atoms with Crippen molar-refractivity contribution in [1.29, 1.82) is 0 Å². The smallest absolute Gasteiger partial charge is 0.257 e. The second kappa shape index (κ2) is 11.2. The molecular weight excluding hydrogens is 434 g/mol. The van der Waals surface area contributed by atoms with Crippen molar-refractivity contribution in [2.45, 2.75) is 32.9 Å². The highest BCUT2D eigenvalue weighted by atomic mass is 16.5. The zero-order chi connectivity index (χ0) is 24.8. The molecule has 1 heterocycles. The molecule has 1 N–H and O–H groups in total. The van der Waals surface area contributed by atoms with E-state index in [4.69, 9.17) is 9.47 Å². The lowest BCUT2D eigenvalue weighted by Gasteiger charge is -2.36. The van der Waals surface area contributed by atoms with E-state index < -0.39 is 0 Å². The summed E-state index contributed by atoms with van der Waals surface area (Å²) in [6.07, 6.45) is -0.283. The lowest BCUT2D eigenvalue weighted by molar-refractivity contribution is -0.114. The highest BCUT2D eigenvalue weighted by molar-refractivity contribution is 5.99. The predicted octanol–water partition coefficient (Wildman–Crippen LogP) is 3.29. The molecule has 1 aliphatic heterocycles. The van der Waals surface area contributed by atoms with Gasteiger partial charge < -0.3 is 24.6 Å². The summed E-state index contributed by atoms with van der Waals surface area (Å²) >= 11 is 0. The molecule has 0 saturated carbocycles. The van der Waals surface area contributed by atoms with Gasteiger partial charge in [-0.3, -0.25) is 14.4 Å². The topological polar surface area (TPSA) is 88.2 Å². The third kappa shape index (κ3) is 5.94. The van der Waals surface area contributed by atoms with Crippen LogP contribution in [0.1, 0.15) is 41.5 Å². The van der Waals surface area contributed by atoms with Crippen molar-refractivity contribution < 1.29 is 23.9 Å². The lowest BCUT2D eigenvalue weighted by Crippen LogP contribution is -2.48. The van der Waals surface area contributed by atoms with Crippen LogP contribution in [0.4, 0.5) is 5.69 Å². The number of nitrogens with one attached hydrogen (secondary N) is 1. The number of amides is 3. The summed E-state index contributed by atoms with van der Waals surface area (Å²) in [7, 11) is 3.32. The SMILES string of the molecule is CO[C@@H]1CN(C)C(=O)c2cc(NC(C)=O)ccc2OC[C@H](C)N(C(=O)c2ccccc2)C[C@H]1C. The zero-order valence-corrected chi connectivity index (χ0v) is 20.4. The predicted molar refractivity (Wildman–Crippen MR) is 130 cm³/mol. The number of carbonyl (C=O) groups excluding carboxylic acids is 3. The van der Waals surface area contributed by atoms with Crippen molar-refractivity contribution in [3.05, 3.63) is 59.7 Å². The Kier molecular flexibility index (Phi) is 8.28. The quantitative estimate of drug-likeness (QED) is 0.748. The van der Waals surface area contributed by atoms with E-state index in [0.29, 0.717) is 35.7 Å². The average molecular weight is 468 g/mol. The zero-order valence-electron chi connectivity index (χ0n) is 20.4. The minimum Gasteiger partial charge on any atom is -0.491 e. The molecular formula is C26H33N3O5. The maximum absolute atomic E-state index is 13.4. The van der Waals surface area contributed by atoms with Crippen molar-refractivity contribution in [2.75, 3.05) is 39.2 Å². The first-order valence-corrected chi connectivity index (χ1v) is 11.4. The maximum atomic E-state index is 13.4. The van der Waals surface area contributed by atoms with Crippen LogP contribution >= 0.6 is 0 Å². The van der Waals surface area contributed by atoms with Gasteiger partial charge in [0.25, 0.3) is 11.8 Å². The van der Waals surface area contributed by atoms with E-state index in [1.54, 1.807) is 54.3 Å². The summed E-state index contributed by atoms with van der Waals surface area (Å²) in [4.78, 5) is 41.6. The fraction of sp³-hybridized carbons (Fsp3) is 0.423. The third-order valence-corrected chi connectivity index (χ3v) is 6.05. The van der Waals surface area contributed by atoms with Crippen molar-refractivity contribution >= 4 is 23.4 Å². The van der Waals surface area contributed by atoms with Crippen molar-refractivity contribution in [3.63, 3.8) is 0 Å². The van der Waals surface area contributed by atoms with Gasteiger partial charge in [0.1, 0.15) is 12.4 Å². The first-order chi connectivity index (χ1) is 16.2. The van der Waals surface area contributed by atoms with Crippen LogP contribution in [0.2, 0.25) is 0 Å². The maximum Gasteiger partial charge on any atom is 0.257 e. The van der Waals surface area contributed by atoms with E-state index in [-0.39, 0.29) is 42.4 Å². The largest absolute Gasteiger partial charge is 0.491 e. The second-order valence-corrected chi connectivity index (χ2v) is 8.81. The van der Waals surface area contributed by atoms with Gasteiger partial charge in [0.05, 0.1) is 17.7 Å². The Morgan fingerprint density at radius 2 is 1.79 bits per heavy atom. The number of carbonyl (C=O) groups is 3. The molecule has 34 heavy (non-hydrogen) atoms. The van der Waals surface area contributed by atoms with Gasteiger partial charge in [0.15, 0.2) is 0 Å². The molecule has 8 heteroatoms. The van der Waals surface area contributed by atoms with Crippen LogP contribution in [0.15, 0.2) is 48.5 Å². The Balaban J connectivity index is 1.99. The van der Waals surface area contributed by atoms with E-state index in [0.717, 1.165) is 0 Å². The van der Waals surface area contributed by atoms with Gasteiger partial charge in [0.2, 0.25) is 5.91 Å². The van der Waals surface area contributed by atoms with Gasteiger partial charge in [-0.2, -0.15) is 0 Å². The van der Waals surface area contributed by atoms with Gasteiger partial charge in [0, 0.05) is 51.3 Å². The van der Waals surface area contributed by atoms with Crippen LogP contribution in [-0.2, 0) is 9.53 Å². The molecule has 2 aromatic carbocycles. The third-order valence-electron chi connectivity index (χ3n) is 6.05. The summed E-state index contributed by atoms with van der Waals surface area (Å²) in [5, 5.41) is 2.71. The fourth-order valence-electron chi connectivity index (χ4n) is 4.09. The molecule has 8 nitrogen and oxygen atoms in total. The number of rotatable bonds is 3. The van der Waals surface area contributed by atoms with Crippen LogP contribution in [0, 0.1) is 5.92 Å². The van der Waals surface area contributed by atoms with E-state index in [1.807, 2.05) is 32.0 Å². The first kappa shape index (κ1) is 25.2. The average Bonchev–Trinajstić information content (AvgIpc) is 2.83. The molecule has 0 fully saturated rings. The summed E-state index contributed by atoms with van der Waals surface area (Å²) in [5.41, 5.74) is 1.45. The Morgan fingerprint density at radius 3 is 2.44 bits per heavy atom. The van der Waals surface area contributed by atoms with Crippen LogP contribution < -0.4 is 10.1 Å². The van der Waals surface area contributed by atoms with E-state index in [9.17, 15) is 14.4 Å². The number of hydrogen-bond acceptors (Lipinski definition) is 5. The van der Waals surface area contributed by atoms with E-state index in [1.165, 1.54) is 6.92 Å². The Hall–Kier alpha value is -3.39. The number of fused-ring (bicyclic) bond motifs is 1. The van der Waals surface area contributed by atoms with Gasteiger partial charge in [-0.05, 0) is 37.3 Å². The molecule has 3 rings (SSSR count). The number of hydrogen-bond donors (Lipinski definition) is 1. The van der Waals surface area contributed by atoms with E-state index >= 15 is 0 Å². The monoisotopic (exact) mass is 467 g/mol. The molecule has 1 aliphatic rings.